The van der Waals surface area contributed by atoms with Gasteiger partial charge in [0.05, 0.1) is 6.61 Å². The Morgan fingerprint density at radius 2 is 1.45 bits per heavy atom. The van der Waals surface area contributed by atoms with Crippen LogP contribution in [0.3, 0.4) is 0 Å². The van der Waals surface area contributed by atoms with Gasteiger partial charge in [-0.3, -0.25) is 4.79 Å². The van der Waals surface area contributed by atoms with E-state index >= 15 is 0 Å². The first-order valence-corrected chi connectivity index (χ1v) is 13.8. The fraction of sp³-hybridized carbons (Fsp3) is 0.964. The number of rotatable bonds is 16. The molecule has 0 heterocycles. The highest BCUT2D eigenvalue weighted by atomic mass is 16.5. The topological polar surface area (TPSA) is 70.0 Å². The lowest BCUT2D eigenvalue weighted by molar-refractivity contribution is -0.144. The van der Waals surface area contributed by atoms with Gasteiger partial charge in [0.2, 0.25) is 0 Å². The molecule has 2 aliphatic carbocycles. The van der Waals surface area contributed by atoms with E-state index in [9.17, 15) is 15.0 Å². The van der Waals surface area contributed by atoms with E-state index in [1.165, 1.54) is 32.1 Å². The van der Waals surface area contributed by atoms with Crippen LogP contribution >= 0.6 is 0 Å². The van der Waals surface area contributed by atoms with Crippen molar-refractivity contribution in [1.29, 1.82) is 0 Å². The highest BCUT2D eigenvalue weighted by Crippen LogP contribution is 2.63. The lowest BCUT2D eigenvalue weighted by Crippen LogP contribution is -2.47. The second-order valence-electron chi connectivity index (χ2n) is 12.1. The predicted molar refractivity (Wildman–Crippen MR) is 135 cm³/mol. The SMILES string of the molecule is CCN(CC)CCCC(=O)OCCCC1(C)CC2CC(C)(CCCO)CC(CCCO)(C2)C1. The van der Waals surface area contributed by atoms with Gasteiger partial charge in [0.15, 0.2) is 0 Å². The van der Waals surface area contributed by atoms with Gasteiger partial charge in [-0.2, -0.15) is 0 Å². The number of aliphatic hydroxyl groups excluding tert-OH is 2. The number of hydrogen-bond donors (Lipinski definition) is 2. The normalized spacial score (nSPS) is 31.7. The van der Waals surface area contributed by atoms with Crippen molar-refractivity contribution in [2.75, 3.05) is 39.5 Å². The molecular weight excluding hydrogens is 414 g/mol. The molecule has 2 N–H and O–H groups in total. The van der Waals surface area contributed by atoms with E-state index in [-0.39, 0.29) is 19.2 Å². The number of carbonyl (C=O) groups excluding carboxylic acids is 1. The lowest BCUT2D eigenvalue weighted by atomic mass is 9.47. The fourth-order valence-corrected chi connectivity index (χ4v) is 7.75. The van der Waals surface area contributed by atoms with E-state index in [4.69, 9.17) is 4.74 Å². The summed E-state index contributed by atoms with van der Waals surface area (Å²) >= 11 is 0. The molecule has 2 rings (SSSR count). The fourth-order valence-electron chi connectivity index (χ4n) is 7.75. The Morgan fingerprint density at radius 3 is 2.03 bits per heavy atom. The molecule has 0 spiro atoms. The summed E-state index contributed by atoms with van der Waals surface area (Å²) < 4.78 is 5.57. The number of esters is 1. The van der Waals surface area contributed by atoms with Crippen molar-refractivity contribution in [3.05, 3.63) is 0 Å². The van der Waals surface area contributed by atoms with Crippen LogP contribution in [0.5, 0.6) is 0 Å². The monoisotopic (exact) mass is 467 g/mol. The van der Waals surface area contributed by atoms with Crippen molar-refractivity contribution < 1.29 is 19.7 Å². The van der Waals surface area contributed by atoms with Crippen molar-refractivity contribution in [3.63, 3.8) is 0 Å². The molecule has 5 nitrogen and oxygen atoms in total. The van der Waals surface area contributed by atoms with Crippen molar-refractivity contribution in [3.8, 4) is 0 Å². The third-order valence-electron chi connectivity index (χ3n) is 8.63. The number of hydrogen-bond acceptors (Lipinski definition) is 5. The molecule has 0 aromatic carbocycles. The van der Waals surface area contributed by atoms with Crippen LogP contribution in [0.25, 0.3) is 0 Å². The smallest absolute Gasteiger partial charge is 0.305 e. The van der Waals surface area contributed by atoms with Crippen LogP contribution in [0, 0.1) is 22.2 Å². The van der Waals surface area contributed by atoms with E-state index in [0.717, 1.165) is 70.5 Å². The number of aliphatic hydroxyl groups is 2. The van der Waals surface area contributed by atoms with Crippen LogP contribution < -0.4 is 0 Å². The minimum atomic E-state index is -0.0492. The zero-order valence-corrected chi connectivity index (χ0v) is 22.2. The number of ether oxygens (including phenoxy) is 1. The second kappa shape index (κ2) is 13.4. The van der Waals surface area contributed by atoms with E-state index in [2.05, 4.69) is 32.6 Å². The maximum absolute atomic E-state index is 12.1. The molecule has 2 fully saturated rings. The van der Waals surface area contributed by atoms with Crippen LogP contribution in [0.4, 0.5) is 0 Å². The van der Waals surface area contributed by atoms with E-state index in [0.29, 0.717) is 29.3 Å². The summed E-state index contributed by atoms with van der Waals surface area (Å²) in [5.41, 5.74) is 0.943. The molecular formula is C28H53NO4. The van der Waals surface area contributed by atoms with Crippen LogP contribution in [-0.4, -0.2) is 60.5 Å². The number of nitrogens with zero attached hydrogens (tertiary/aromatic N) is 1. The van der Waals surface area contributed by atoms with Crippen LogP contribution in [0.15, 0.2) is 0 Å². The molecule has 33 heavy (non-hydrogen) atoms. The molecule has 194 valence electrons. The first kappa shape index (κ1) is 28.6. The average Bonchev–Trinajstić information content (AvgIpc) is 2.76. The highest BCUT2D eigenvalue weighted by Gasteiger charge is 2.52. The average molecular weight is 468 g/mol. The van der Waals surface area contributed by atoms with Gasteiger partial charge in [-0.15, -0.1) is 0 Å². The van der Waals surface area contributed by atoms with Crippen molar-refractivity contribution >= 4 is 5.97 Å². The van der Waals surface area contributed by atoms with Gasteiger partial charge in [0, 0.05) is 19.6 Å². The molecule has 5 heteroatoms. The van der Waals surface area contributed by atoms with Gasteiger partial charge >= 0.3 is 5.97 Å². The molecule has 0 radical (unpaired) electrons. The Kier molecular flexibility index (Phi) is 11.6. The van der Waals surface area contributed by atoms with Gasteiger partial charge in [-0.1, -0.05) is 27.7 Å². The number of fused-ring (bicyclic) bond motifs is 2. The van der Waals surface area contributed by atoms with Crippen molar-refractivity contribution in [2.24, 2.45) is 22.2 Å². The minimum absolute atomic E-state index is 0.0492. The molecule has 0 amide bonds. The van der Waals surface area contributed by atoms with Crippen molar-refractivity contribution in [2.45, 2.75) is 111 Å². The van der Waals surface area contributed by atoms with E-state index < -0.39 is 0 Å². The van der Waals surface area contributed by atoms with Crippen LogP contribution in [0.2, 0.25) is 0 Å². The van der Waals surface area contributed by atoms with Gasteiger partial charge in [-0.25, -0.2) is 0 Å². The first-order valence-electron chi connectivity index (χ1n) is 13.8. The third kappa shape index (κ3) is 9.14. The predicted octanol–water partition coefficient (Wildman–Crippen LogP) is 5.57. The Balaban J connectivity index is 1.84. The molecule has 2 saturated carbocycles. The molecule has 0 aromatic heterocycles. The molecule has 2 aliphatic rings. The largest absolute Gasteiger partial charge is 0.466 e. The summed E-state index contributed by atoms with van der Waals surface area (Å²) in [5, 5.41) is 18.9. The second-order valence-corrected chi connectivity index (χ2v) is 12.1. The zero-order valence-electron chi connectivity index (χ0n) is 22.2. The summed E-state index contributed by atoms with van der Waals surface area (Å²) in [4.78, 5) is 14.5. The first-order chi connectivity index (χ1) is 15.7. The molecule has 0 aromatic rings. The Bertz CT molecular complexity index is 578. The highest BCUT2D eigenvalue weighted by molar-refractivity contribution is 5.69. The Morgan fingerprint density at radius 1 is 0.879 bits per heavy atom. The molecule has 0 saturated heterocycles. The zero-order chi connectivity index (χ0) is 24.4. The maximum Gasteiger partial charge on any atom is 0.305 e. The van der Waals surface area contributed by atoms with Gasteiger partial charge in [0.25, 0.3) is 0 Å². The quantitative estimate of drug-likeness (QED) is 0.229. The maximum atomic E-state index is 12.1. The number of carbonyl (C=O) groups is 1. The van der Waals surface area contributed by atoms with E-state index in [1.54, 1.807) is 0 Å². The summed E-state index contributed by atoms with van der Waals surface area (Å²) in [6.07, 6.45) is 13.8. The van der Waals surface area contributed by atoms with Crippen LogP contribution in [0.1, 0.15) is 111 Å². The summed E-state index contributed by atoms with van der Waals surface area (Å²) in [6, 6.07) is 0. The van der Waals surface area contributed by atoms with Gasteiger partial charge in [-0.05, 0) is 119 Å². The summed E-state index contributed by atoms with van der Waals surface area (Å²) in [7, 11) is 0. The van der Waals surface area contributed by atoms with Crippen molar-refractivity contribution in [1.82, 2.24) is 4.90 Å². The Labute approximate surface area is 203 Å². The summed E-state index contributed by atoms with van der Waals surface area (Å²) in [5.74, 6) is 0.689. The van der Waals surface area contributed by atoms with E-state index in [1.807, 2.05) is 0 Å². The molecule has 2 bridgehead atoms. The minimum Gasteiger partial charge on any atom is -0.466 e. The third-order valence-corrected chi connectivity index (χ3v) is 8.63. The van der Waals surface area contributed by atoms with Gasteiger partial charge in [0.1, 0.15) is 0 Å². The summed E-state index contributed by atoms with van der Waals surface area (Å²) in [6.45, 7) is 13.3. The standard InChI is InChI=1S/C28H53NO4/c1-5-29(6-2)15-7-11-25(32)33-18-10-13-27(4)20-24-19-26(3,12-8-16-30)22-28(21-24,23-27)14-9-17-31/h24,30-31H,5-23H2,1-4H3. The molecule has 0 aliphatic heterocycles. The lowest BCUT2D eigenvalue weighted by Gasteiger charge is -2.58. The van der Waals surface area contributed by atoms with Crippen LogP contribution in [-0.2, 0) is 9.53 Å². The Hall–Kier alpha value is -0.650. The molecule has 4 atom stereocenters. The van der Waals surface area contributed by atoms with Gasteiger partial charge < -0.3 is 19.8 Å². The molecule has 4 unspecified atom stereocenters.